The summed E-state index contributed by atoms with van der Waals surface area (Å²) in [5, 5.41) is 2.62. The van der Waals surface area contributed by atoms with Gasteiger partial charge < -0.3 is 14.8 Å². The van der Waals surface area contributed by atoms with Crippen LogP contribution in [0.4, 0.5) is 4.79 Å². The number of amides is 1. The van der Waals surface area contributed by atoms with E-state index in [9.17, 15) is 18.0 Å². The van der Waals surface area contributed by atoms with Gasteiger partial charge in [-0.2, -0.15) is 0 Å². The van der Waals surface area contributed by atoms with E-state index < -0.39 is 39.3 Å². The van der Waals surface area contributed by atoms with E-state index in [1.54, 1.807) is 60.6 Å². The van der Waals surface area contributed by atoms with Gasteiger partial charge >= 0.3 is 12.1 Å². The summed E-state index contributed by atoms with van der Waals surface area (Å²) in [7, 11) is -4.04. The van der Waals surface area contributed by atoms with Crippen LogP contribution in [0.2, 0.25) is 0 Å². The number of hydrogen-bond donors (Lipinski definition) is 1. The van der Waals surface area contributed by atoms with E-state index >= 15 is 0 Å². The Bertz CT molecular complexity index is 1090. The van der Waals surface area contributed by atoms with Crippen LogP contribution in [0.3, 0.4) is 0 Å². The lowest BCUT2D eigenvalue weighted by atomic mass is 10.1. The second-order valence-electron chi connectivity index (χ2n) is 9.60. The topological polar surface area (TPSA) is 104 Å². The molecule has 0 saturated heterocycles. The minimum Gasteiger partial charge on any atom is -0.456 e. The van der Waals surface area contributed by atoms with Gasteiger partial charge in [0.25, 0.3) is 10.0 Å². The maximum atomic E-state index is 13.4. The van der Waals surface area contributed by atoms with Crippen molar-refractivity contribution in [3.05, 3.63) is 53.3 Å². The van der Waals surface area contributed by atoms with Gasteiger partial charge in [0.2, 0.25) is 0 Å². The summed E-state index contributed by atoms with van der Waals surface area (Å²) in [5.41, 5.74) is -0.502. The van der Waals surface area contributed by atoms with Crippen LogP contribution in [0.5, 0.6) is 0 Å². The second kappa shape index (κ2) is 8.97. The van der Waals surface area contributed by atoms with Crippen molar-refractivity contribution in [2.24, 2.45) is 0 Å². The van der Waals surface area contributed by atoms with Crippen LogP contribution >= 0.6 is 0 Å². The number of alkyl carbamates (subject to hydrolysis) is 1. The summed E-state index contributed by atoms with van der Waals surface area (Å²) in [4.78, 5) is 25.2. The third kappa shape index (κ3) is 6.35. The van der Waals surface area contributed by atoms with Crippen molar-refractivity contribution < 1.29 is 27.5 Å². The summed E-state index contributed by atoms with van der Waals surface area (Å²) in [5.74, 6) is -0.691. The van der Waals surface area contributed by atoms with Gasteiger partial charge in [-0.25, -0.2) is 22.0 Å². The molecule has 1 atom stereocenters. The van der Waals surface area contributed by atoms with E-state index in [-0.39, 0.29) is 16.2 Å². The number of nitrogens with zero attached hydrogens (tertiary/aromatic N) is 1. The molecule has 0 spiro atoms. The van der Waals surface area contributed by atoms with Crippen molar-refractivity contribution in [2.75, 3.05) is 0 Å². The molecule has 1 heterocycles. The fourth-order valence-corrected chi connectivity index (χ4v) is 4.39. The summed E-state index contributed by atoms with van der Waals surface area (Å²) in [6.45, 7) is 13.7. The number of carbonyl (C=O) groups excluding carboxylic acids is 2. The van der Waals surface area contributed by atoms with Crippen molar-refractivity contribution in [3.63, 3.8) is 0 Å². The Morgan fingerprint density at radius 3 is 1.97 bits per heavy atom. The number of aryl methyl sites for hydroxylation is 1. The lowest BCUT2D eigenvalue weighted by Crippen LogP contribution is -2.36. The van der Waals surface area contributed by atoms with Crippen LogP contribution in [0, 0.1) is 6.92 Å². The Kier molecular flexibility index (Phi) is 7.14. The molecular formula is C23H32N2O6S. The lowest BCUT2D eigenvalue weighted by Gasteiger charge is -2.24. The van der Waals surface area contributed by atoms with Crippen LogP contribution < -0.4 is 5.32 Å². The highest BCUT2D eigenvalue weighted by Gasteiger charge is 2.31. The van der Waals surface area contributed by atoms with Gasteiger partial charge in [0, 0.05) is 6.20 Å². The molecular weight excluding hydrogens is 432 g/mol. The average molecular weight is 465 g/mol. The van der Waals surface area contributed by atoms with Gasteiger partial charge in [-0.3, -0.25) is 0 Å². The maximum Gasteiger partial charge on any atom is 0.408 e. The summed E-state index contributed by atoms with van der Waals surface area (Å²) in [6, 6.07) is 6.87. The molecule has 2 aromatic rings. The summed E-state index contributed by atoms with van der Waals surface area (Å²) >= 11 is 0. The van der Waals surface area contributed by atoms with Crippen LogP contribution in [-0.2, 0) is 19.5 Å². The molecule has 2 rings (SSSR count). The fraction of sp³-hybridized carbons (Fsp3) is 0.478. The van der Waals surface area contributed by atoms with Crippen molar-refractivity contribution in [1.29, 1.82) is 0 Å². The molecule has 0 radical (unpaired) electrons. The van der Waals surface area contributed by atoms with Gasteiger partial charge in [0.15, 0.2) is 0 Å². The summed E-state index contributed by atoms with van der Waals surface area (Å²) in [6.07, 6.45) is 0.553. The Morgan fingerprint density at radius 1 is 0.938 bits per heavy atom. The molecule has 0 fully saturated rings. The third-order valence-corrected chi connectivity index (χ3v) is 5.93. The first-order valence-corrected chi connectivity index (χ1v) is 11.7. The number of esters is 1. The molecule has 0 aliphatic carbocycles. The van der Waals surface area contributed by atoms with Crippen LogP contribution in [0.1, 0.15) is 76.1 Å². The number of hydrogen-bond acceptors (Lipinski definition) is 6. The molecule has 1 aromatic carbocycles. The standard InChI is InChI=1S/C23H32N2O6S/c1-15-9-11-17(12-10-15)32(28,29)25-14-13-18(20(26)30-22(3,4)5)19(25)16(2)24-21(27)31-23(6,7)8/h9-14,16H,1-8H3,(H,24,27). The monoisotopic (exact) mass is 464 g/mol. The number of benzene rings is 1. The highest BCUT2D eigenvalue weighted by molar-refractivity contribution is 7.90. The summed E-state index contributed by atoms with van der Waals surface area (Å²) < 4.78 is 38.5. The quantitative estimate of drug-likeness (QED) is 0.650. The Balaban J connectivity index is 2.56. The van der Waals surface area contributed by atoms with Crippen molar-refractivity contribution in [3.8, 4) is 0 Å². The fourth-order valence-electron chi connectivity index (χ4n) is 2.94. The molecule has 1 unspecified atom stereocenters. The lowest BCUT2D eigenvalue weighted by molar-refractivity contribution is 0.00664. The SMILES string of the molecule is Cc1ccc(S(=O)(=O)n2ccc(C(=O)OC(C)(C)C)c2C(C)NC(=O)OC(C)(C)C)cc1. The van der Waals surface area contributed by atoms with Crippen LogP contribution in [-0.4, -0.2) is 35.7 Å². The molecule has 0 aliphatic rings. The van der Waals surface area contributed by atoms with Gasteiger partial charge in [-0.15, -0.1) is 0 Å². The van der Waals surface area contributed by atoms with Gasteiger partial charge in [-0.05, 0) is 73.6 Å². The molecule has 9 heteroatoms. The van der Waals surface area contributed by atoms with Crippen molar-refractivity contribution in [1.82, 2.24) is 9.29 Å². The van der Waals surface area contributed by atoms with Crippen LogP contribution in [0.15, 0.2) is 41.4 Å². The first-order valence-electron chi connectivity index (χ1n) is 10.3. The molecule has 8 nitrogen and oxygen atoms in total. The molecule has 0 saturated carbocycles. The predicted octanol–water partition coefficient (Wildman–Crippen LogP) is 4.57. The Hall–Kier alpha value is -2.81. The first-order chi connectivity index (χ1) is 14.5. The molecule has 1 amide bonds. The predicted molar refractivity (Wildman–Crippen MR) is 121 cm³/mol. The molecule has 0 aliphatic heterocycles. The van der Waals surface area contributed by atoms with E-state index in [1.807, 2.05) is 6.92 Å². The Labute approximate surface area is 190 Å². The molecule has 1 N–H and O–H groups in total. The van der Waals surface area contributed by atoms with Crippen molar-refractivity contribution in [2.45, 2.75) is 77.5 Å². The zero-order valence-corrected chi connectivity index (χ0v) is 20.7. The molecule has 176 valence electrons. The number of rotatable bonds is 5. The van der Waals surface area contributed by atoms with E-state index in [0.29, 0.717) is 0 Å². The van der Waals surface area contributed by atoms with Crippen LogP contribution in [0.25, 0.3) is 0 Å². The number of nitrogens with one attached hydrogen (secondary N) is 1. The highest BCUT2D eigenvalue weighted by atomic mass is 32.2. The van der Waals surface area contributed by atoms with E-state index in [0.717, 1.165) is 9.54 Å². The maximum absolute atomic E-state index is 13.4. The van der Waals surface area contributed by atoms with Crippen molar-refractivity contribution >= 4 is 22.1 Å². The number of ether oxygens (including phenoxy) is 2. The smallest absolute Gasteiger partial charge is 0.408 e. The minimum atomic E-state index is -4.04. The molecule has 0 bridgehead atoms. The largest absolute Gasteiger partial charge is 0.456 e. The zero-order valence-electron chi connectivity index (χ0n) is 19.8. The highest BCUT2D eigenvalue weighted by Crippen LogP contribution is 2.27. The second-order valence-corrected chi connectivity index (χ2v) is 11.4. The normalized spacial score (nSPS) is 13.4. The average Bonchev–Trinajstić information content (AvgIpc) is 3.05. The zero-order chi connectivity index (χ0) is 24.5. The first kappa shape index (κ1) is 25.5. The van der Waals surface area contributed by atoms with E-state index in [2.05, 4.69) is 5.32 Å². The van der Waals surface area contributed by atoms with Gasteiger partial charge in [0.1, 0.15) is 11.2 Å². The minimum absolute atomic E-state index is 0.0409. The van der Waals surface area contributed by atoms with Gasteiger partial charge in [-0.1, -0.05) is 17.7 Å². The van der Waals surface area contributed by atoms with Gasteiger partial charge in [0.05, 0.1) is 22.2 Å². The molecule has 1 aromatic heterocycles. The van der Waals surface area contributed by atoms with E-state index in [4.69, 9.17) is 9.47 Å². The molecule has 32 heavy (non-hydrogen) atoms. The number of aromatic nitrogens is 1. The Morgan fingerprint density at radius 2 is 1.47 bits per heavy atom. The van der Waals surface area contributed by atoms with E-state index in [1.165, 1.54) is 24.4 Å². The number of carbonyl (C=O) groups is 2. The third-order valence-electron chi connectivity index (χ3n) is 4.23.